The summed E-state index contributed by atoms with van der Waals surface area (Å²) in [6.07, 6.45) is 0.660. The van der Waals surface area contributed by atoms with Crippen LogP contribution < -0.4 is 0 Å². The lowest BCUT2D eigenvalue weighted by Gasteiger charge is -2.21. The maximum Gasteiger partial charge on any atom is 0.345 e. The number of hydrogen-bond donors (Lipinski definition) is 1. The molecule has 8 heteroatoms. The Bertz CT molecular complexity index is 544. The first-order valence-corrected chi connectivity index (χ1v) is 7.57. The maximum absolute atomic E-state index is 12.2. The molecule has 0 saturated carbocycles. The van der Waals surface area contributed by atoms with Crippen molar-refractivity contribution in [1.82, 2.24) is 4.31 Å². The zero-order valence-electron chi connectivity index (χ0n) is 9.70. The molecule has 1 aromatic heterocycles. The molecule has 1 N–H and O–H groups in total. The molecule has 0 radical (unpaired) electrons. The molecular weight excluding hydrogens is 278 g/mol. The van der Waals surface area contributed by atoms with E-state index in [0.29, 0.717) is 19.6 Å². The summed E-state index contributed by atoms with van der Waals surface area (Å²) in [5.74, 6) is -1.12. The molecule has 1 aromatic rings. The van der Waals surface area contributed by atoms with Crippen LogP contribution in [0.3, 0.4) is 0 Å². The summed E-state index contributed by atoms with van der Waals surface area (Å²) < 4.78 is 31.0. The number of nitrogens with zero attached hydrogens (tertiary/aromatic N) is 1. The summed E-state index contributed by atoms with van der Waals surface area (Å²) in [7, 11) is -2.13. The second-order valence-electron chi connectivity index (χ2n) is 3.96. The fourth-order valence-corrected chi connectivity index (χ4v) is 4.42. The van der Waals surface area contributed by atoms with Crippen LogP contribution in [0, 0.1) is 0 Å². The largest absolute Gasteiger partial charge is 0.477 e. The van der Waals surface area contributed by atoms with Crippen LogP contribution in [0.5, 0.6) is 0 Å². The molecule has 6 nitrogen and oxygen atoms in total. The molecule has 1 saturated heterocycles. The van der Waals surface area contributed by atoms with Crippen LogP contribution in [0.25, 0.3) is 0 Å². The highest BCUT2D eigenvalue weighted by atomic mass is 32.2. The van der Waals surface area contributed by atoms with E-state index in [1.807, 2.05) is 0 Å². The first-order valence-electron chi connectivity index (χ1n) is 5.32. The Hall–Kier alpha value is -0.960. The Morgan fingerprint density at radius 3 is 2.78 bits per heavy atom. The molecule has 0 amide bonds. The maximum atomic E-state index is 12.2. The van der Waals surface area contributed by atoms with E-state index in [1.54, 1.807) is 0 Å². The zero-order valence-corrected chi connectivity index (χ0v) is 11.3. The summed E-state index contributed by atoms with van der Waals surface area (Å²) >= 11 is 0.765. The van der Waals surface area contributed by atoms with Crippen molar-refractivity contribution in [2.75, 3.05) is 20.3 Å². The molecular formula is C10H13NO5S2. The van der Waals surface area contributed by atoms with E-state index >= 15 is 0 Å². The number of carbonyl (C=O) groups is 1. The minimum absolute atomic E-state index is 0.0182. The van der Waals surface area contributed by atoms with Gasteiger partial charge < -0.3 is 9.84 Å². The van der Waals surface area contributed by atoms with Crippen molar-refractivity contribution in [3.63, 3.8) is 0 Å². The minimum Gasteiger partial charge on any atom is -0.477 e. The van der Waals surface area contributed by atoms with Crippen molar-refractivity contribution >= 4 is 27.3 Å². The van der Waals surface area contributed by atoms with E-state index in [-0.39, 0.29) is 15.1 Å². The highest BCUT2D eigenvalue weighted by molar-refractivity contribution is 7.91. The number of sulfonamides is 1. The van der Waals surface area contributed by atoms with Crippen LogP contribution in [0.1, 0.15) is 16.1 Å². The second-order valence-corrected chi connectivity index (χ2v) is 7.27. The molecule has 100 valence electrons. The predicted molar refractivity (Wildman–Crippen MR) is 65.5 cm³/mol. The van der Waals surface area contributed by atoms with E-state index in [2.05, 4.69) is 0 Å². The van der Waals surface area contributed by atoms with Gasteiger partial charge in [0.05, 0.1) is 12.6 Å². The summed E-state index contributed by atoms with van der Waals surface area (Å²) in [5.41, 5.74) is 0. The van der Waals surface area contributed by atoms with Gasteiger partial charge in [-0.15, -0.1) is 11.3 Å². The lowest BCUT2D eigenvalue weighted by atomic mass is 10.3. The third-order valence-electron chi connectivity index (χ3n) is 2.85. The van der Waals surface area contributed by atoms with Gasteiger partial charge in [0.1, 0.15) is 9.09 Å². The predicted octanol–water partition coefficient (Wildman–Crippen LogP) is 0.856. The van der Waals surface area contributed by atoms with Gasteiger partial charge >= 0.3 is 5.97 Å². The monoisotopic (exact) mass is 291 g/mol. The standard InChI is InChI=1S/C10H13NO5S2/c1-11(7-4-5-16-6-7)18(14,15)9-3-2-8(17-9)10(12)13/h2-3,7H,4-6H2,1H3,(H,12,13). The number of hydrogen-bond acceptors (Lipinski definition) is 5. The van der Waals surface area contributed by atoms with E-state index < -0.39 is 16.0 Å². The topological polar surface area (TPSA) is 83.9 Å². The molecule has 1 fully saturated rings. The fourth-order valence-electron chi connectivity index (χ4n) is 1.72. The Balaban J connectivity index is 2.26. The molecule has 18 heavy (non-hydrogen) atoms. The molecule has 0 spiro atoms. The summed E-state index contributed by atoms with van der Waals surface area (Å²) in [6, 6.07) is 2.46. The average Bonchev–Trinajstić information content (AvgIpc) is 2.99. The Labute approximate surface area is 109 Å². The highest BCUT2D eigenvalue weighted by Gasteiger charge is 2.31. The van der Waals surface area contributed by atoms with Crippen molar-refractivity contribution in [2.45, 2.75) is 16.7 Å². The first kappa shape index (κ1) is 13.5. The van der Waals surface area contributed by atoms with Gasteiger partial charge in [0.2, 0.25) is 0 Å². The van der Waals surface area contributed by atoms with Crippen LogP contribution in [-0.2, 0) is 14.8 Å². The molecule has 0 aliphatic carbocycles. The molecule has 1 aliphatic rings. The van der Waals surface area contributed by atoms with Crippen molar-refractivity contribution in [3.8, 4) is 0 Å². The van der Waals surface area contributed by atoms with Crippen LogP contribution >= 0.6 is 11.3 Å². The van der Waals surface area contributed by atoms with E-state index in [1.165, 1.54) is 23.5 Å². The van der Waals surface area contributed by atoms with Gasteiger partial charge in [-0.05, 0) is 18.6 Å². The van der Waals surface area contributed by atoms with Crippen LogP contribution in [0.15, 0.2) is 16.3 Å². The van der Waals surface area contributed by atoms with Crippen molar-refractivity contribution in [2.24, 2.45) is 0 Å². The number of ether oxygens (including phenoxy) is 1. The number of likely N-dealkylation sites (N-methyl/N-ethyl adjacent to an activating group) is 1. The minimum atomic E-state index is -3.63. The van der Waals surface area contributed by atoms with Crippen LogP contribution in [0.4, 0.5) is 0 Å². The van der Waals surface area contributed by atoms with Crippen molar-refractivity contribution in [3.05, 3.63) is 17.0 Å². The van der Waals surface area contributed by atoms with Gasteiger partial charge in [0.15, 0.2) is 0 Å². The molecule has 0 bridgehead atoms. The van der Waals surface area contributed by atoms with Gasteiger partial charge in [-0.2, -0.15) is 4.31 Å². The van der Waals surface area contributed by atoms with Gasteiger partial charge in [-0.1, -0.05) is 0 Å². The fraction of sp³-hybridized carbons (Fsp3) is 0.500. The lowest BCUT2D eigenvalue weighted by Crippen LogP contribution is -2.36. The van der Waals surface area contributed by atoms with Crippen LogP contribution in [0.2, 0.25) is 0 Å². The summed E-state index contributed by atoms with van der Waals surface area (Å²) in [4.78, 5) is 10.8. The Morgan fingerprint density at radius 2 is 2.28 bits per heavy atom. The summed E-state index contributed by atoms with van der Waals surface area (Å²) in [6.45, 7) is 0.933. The molecule has 2 heterocycles. The Morgan fingerprint density at radius 1 is 1.56 bits per heavy atom. The zero-order chi connectivity index (χ0) is 13.3. The van der Waals surface area contributed by atoms with Crippen molar-refractivity contribution in [1.29, 1.82) is 0 Å². The quantitative estimate of drug-likeness (QED) is 0.889. The molecule has 1 aliphatic heterocycles. The van der Waals surface area contributed by atoms with E-state index in [0.717, 1.165) is 11.3 Å². The third-order valence-corrected chi connectivity index (χ3v) is 6.30. The van der Waals surface area contributed by atoms with Gasteiger partial charge in [-0.3, -0.25) is 0 Å². The van der Waals surface area contributed by atoms with E-state index in [4.69, 9.17) is 9.84 Å². The number of thiophene rings is 1. The smallest absolute Gasteiger partial charge is 0.345 e. The lowest BCUT2D eigenvalue weighted by molar-refractivity contribution is 0.0702. The second kappa shape index (κ2) is 4.96. The summed E-state index contributed by atoms with van der Waals surface area (Å²) in [5, 5.41) is 8.80. The van der Waals surface area contributed by atoms with Gasteiger partial charge in [0.25, 0.3) is 10.0 Å². The highest BCUT2D eigenvalue weighted by Crippen LogP contribution is 2.27. The molecule has 2 rings (SSSR count). The SMILES string of the molecule is CN(C1CCOC1)S(=O)(=O)c1ccc(C(=O)O)s1. The molecule has 1 atom stereocenters. The van der Waals surface area contributed by atoms with Gasteiger partial charge in [-0.25, -0.2) is 13.2 Å². The normalized spacial score (nSPS) is 20.4. The average molecular weight is 291 g/mol. The van der Waals surface area contributed by atoms with Crippen LogP contribution in [-0.4, -0.2) is 50.1 Å². The molecule has 0 aromatic carbocycles. The van der Waals surface area contributed by atoms with E-state index in [9.17, 15) is 13.2 Å². The first-order chi connectivity index (χ1) is 8.43. The number of rotatable bonds is 4. The third kappa shape index (κ3) is 2.41. The molecule has 1 unspecified atom stereocenters. The van der Waals surface area contributed by atoms with Gasteiger partial charge in [0, 0.05) is 13.7 Å². The number of carboxylic acid groups (broad SMARTS) is 1. The Kier molecular flexibility index (Phi) is 3.71. The number of aromatic carboxylic acids is 1. The number of carboxylic acids is 1. The van der Waals surface area contributed by atoms with Crippen molar-refractivity contribution < 1.29 is 23.1 Å².